The first-order valence-corrected chi connectivity index (χ1v) is 14.1. The Hall–Kier alpha value is -3.43. The number of amides is 3. The molecule has 214 valence electrons. The van der Waals surface area contributed by atoms with Crippen LogP contribution in [-0.2, 0) is 16.1 Å². The number of nitrogens with zero attached hydrogens (tertiary/aromatic N) is 3. The summed E-state index contributed by atoms with van der Waals surface area (Å²) in [4.78, 5) is 43.9. The number of ether oxygens (including phenoxy) is 1. The van der Waals surface area contributed by atoms with E-state index in [1.807, 2.05) is 11.8 Å². The quantitative estimate of drug-likeness (QED) is 0.493. The molecule has 1 unspecified atom stereocenters. The van der Waals surface area contributed by atoms with Gasteiger partial charge in [-0.05, 0) is 68.2 Å². The Kier molecular flexibility index (Phi) is 10.2. The van der Waals surface area contributed by atoms with Crippen LogP contribution in [0.5, 0.6) is 0 Å². The van der Waals surface area contributed by atoms with Gasteiger partial charge in [0.1, 0.15) is 5.82 Å². The van der Waals surface area contributed by atoms with Gasteiger partial charge in [0.25, 0.3) is 5.91 Å². The number of nitrogens with one attached hydrogen (secondary N) is 1. The van der Waals surface area contributed by atoms with E-state index in [2.05, 4.69) is 10.2 Å². The lowest BCUT2D eigenvalue weighted by Crippen LogP contribution is -2.53. The fraction of sp³-hybridized carbons (Fsp3) is 0.433. The standard InChI is InChI=1S/C30H36ClFN4O4/c1-3-40-30(39)35-14-12-26(13-15-35)33-29(38)27-18-24(31)8-6-23(27)7-11-28(37)36-17-16-34(19-21(36)2)20-22-4-9-25(32)10-5-22/h4-11,18,21,26H,3,12-17,19-20H2,1-2H3,(H,33,38). The molecule has 0 saturated carbocycles. The Morgan fingerprint density at radius 1 is 1.07 bits per heavy atom. The second-order valence-electron chi connectivity index (χ2n) is 10.2. The van der Waals surface area contributed by atoms with Crippen molar-refractivity contribution in [2.24, 2.45) is 0 Å². The van der Waals surface area contributed by atoms with Crippen molar-refractivity contribution >= 4 is 35.6 Å². The zero-order chi connectivity index (χ0) is 28.6. The van der Waals surface area contributed by atoms with Gasteiger partial charge in [-0.2, -0.15) is 0 Å². The van der Waals surface area contributed by atoms with Crippen LogP contribution in [-0.4, -0.2) is 84.0 Å². The average molecular weight is 571 g/mol. The van der Waals surface area contributed by atoms with Crippen molar-refractivity contribution in [2.75, 3.05) is 39.3 Å². The van der Waals surface area contributed by atoms with Crippen molar-refractivity contribution in [2.45, 2.75) is 45.3 Å². The van der Waals surface area contributed by atoms with Crippen LogP contribution < -0.4 is 5.32 Å². The summed E-state index contributed by atoms with van der Waals surface area (Å²) < 4.78 is 18.3. The van der Waals surface area contributed by atoms with E-state index in [4.69, 9.17) is 16.3 Å². The van der Waals surface area contributed by atoms with E-state index in [-0.39, 0.29) is 35.8 Å². The van der Waals surface area contributed by atoms with Crippen molar-refractivity contribution in [3.8, 4) is 0 Å². The number of benzene rings is 2. The Balaban J connectivity index is 1.34. The Morgan fingerprint density at radius 2 is 1.80 bits per heavy atom. The fourth-order valence-electron chi connectivity index (χ4n) is 5.16. The third-order valence-electron chi connectivity index (χ3n) is 7.34. The molecule has 1 N–H and O–H groups in total. The molecule has 4 rings (SSSR count). The normalized spacial score (nSPS) is 18.6. The predicted molar refractivity (Wildman–Crippen MR) is 152 cm³/mol. The summed E-state index contributed by atoms with van der Waals surface area (Å²) >= 11 is 6.21. The Bertz CT molecular complexity index is 1230. The third kappa shape index (κ3) is 7.82. The van der Waals surface area contributed by atoms with Gasteiger partial charge in [-0.15, -0.1) is 0 Å². The van der Waals surface area contributed by atoms with Crippen LogP contribution in [0.2, 0.25) is 5.02 Å². The molecule has 0 aliphatic carbocycles. The highest BCUT2D eigenvalue weighted by molar-refractivity contribution is 6.31. The first-order chi connectivity index (χ1) is 19.2. The van der Waals surface area contributed by atoms with Crippen molar-refractivity contribution in [3.05, 3.63) is 76.1 Å². The highest BCUT2D eigenvalue weighted by Crippen LogP contribution is 2.20. The van der Waals surface area contributed by atoms with Gasteiger partial charge in [0, 0.05) is 68.0 Å². The maximum Gasteiger partial charge on any atom is 0.409 e. The van der Waals surface area contributed by atoms with Gasteiger partial charge in [-0.3, -0.25) is 14.5 Å². The largest absolute Gasteiger partial charge is 0.450 e. The van der Waals surface area contributed by atoms with Gasteiger partial charge in [0.15, 0.2) is 0 Å². The molecular weight excluding hydrogens is 535 g/mol. The molecule has 10 heteroatoms. The predicted octanol–water partition coefficient (Wildman–Crippen LogP) is 4.58. The highest BCUT2D eigenvalue weighted by Gasteiger charge is 2.27. The van der Waals surface area contributed by atoms with Crippen molar-refractivity contribution in [3.63, 3.8) is 0 Å². The molecule has 8 nitrogen and oxygen atoms in total. The van der Waals surface area contributed by atoms with E-state index in [1.165, 1.54) is 18.2 Å². The lowest BCUT2D eigenvalue weighted by atomic mass is 10.0. The van der Waals surface area contributed by atoms with Crippen molar-refractivity contribution < 1.29 is 23.5 Å². The number of hydrogen-bond acceptors (Lipinski definition) is 5. The topological polar surface area (TPSA) is 82.2 Å². The van der Waals surface area contributed by atoms with Gasteiger partial charge in [-0.1, -0.05) is 29.8 Å². The van der Waals surface area contributed by atoms with E-state index in [0.717, 1.165) is 5.56 Å². The summed E-state index contributed by atoms with van der Waals surface area (Å²) in [5.41, 5.74) is 2.02. The minimum atomic E-state index is -0.331. The van der Waals surface area contributed by atoms with E-state index in [9.17, 15) is 18.8 Å². The minimum Gasteiger partial charge on any atom is -0.450 e. The van der Waals surface area contributed by atoms with E-state index >= 15 is 0 Å². The lowest BCUT2D eigenvalue weighted by molar-refractivity contribution is -0.130. The molecule has 2 aromatic rings. The number of halogens is 2. The number of rotatable bonds is 7. The molecule has 2 fully saturated rings. The average Bonchev–Trinajstić information content (AvgIpc) is 2.94. The molecule has 1 atom stereocenters. The molecular formula is C30H36ClFN4O4. The SMILES string of the molecule is CCOC(=O)N1CCC(NC(=O)c2cc(Cl)ccc2C=CC(=O)N2CCN(Cc3ccc(F)cc3)CC2C)CC1. The fourth-order valence-corrected chi connectivity index (χ4v) is 5.34. The Labute approximate surface area is 239 Å². The monoisotopic (exact) mass is 570 g/mol. The van der Waals surface area contributed by atoms with Gasteiger partial charge < -0.3 is 19.9 Å². The molecule has 2 aliphatic heterocycles. The zero-order valence-electron chi connectivity index (χ0n) is 22.9. The smallest absolute Gasteiger partial charge is 0.409 e. The molecule has 0 radical (unpaired) electrons. The summed E-state index contributed by atoms with van der Waals surface area (Å²) in [5, 5.41) is 3.48. The van der Waals surface area contributed by atoms with Crippen LogP contribution in [0.3, 0.4) is 0 Å². The summed E-state index contributed by atoms with van der Waals surface area (Å²) in [6.45, 7) is 7.83. The van der Waals surface area contributed by atoms with Crippen molar-refractivity contribution in [1.82, 2.24) is 20.0 Å². The van der Waals surface area contributed by atoms with E-state index in [0.29, 0.717) is 74.9 Å². The molecule has 0 spiro atoms. The summed E-state index contributed by atoms with van der Waals surface area (Å²) in [6.07, 6.45) is 4.08. The number of carbonyl (C=O) groups is 3. The molecule has 2 aliphatic rings. The summed E-state index contributed by atoms with van der Waals surface area (Å²) in [5.74, 6) is -0.648. The van der Waals surface area contributed by atoms with Crippen LogP contribution in [0.15, 0.2) is 48.5 Å². The number of hydrogen-bond donors (Lipinski definition) is 1. The number of piperazine rings is 1. The first-order valence-electron chi connectivity index (χ1n) is 13.7. The van der Waals surface area contributed by atoms with Crippen molar-refractivity contribution in [1.29, 1.82) is 0 Å². The third-order valence-corrected chi connectivity index (χ3v) is 7.57. The number of likely N-dealkylation sites (tertiary alicyclic amines) is 1. The zero-order valence-corrected chi connectivity index (χ0v) is 23.7. The van der Waals surface area contributed by atoms with Gasteiger partial charge in [0.05, 0.1) is 6.61 Å². The molecule has 40 heavy (non-hydrogen) atoms. The number of piperidine rings is 1. The molecule has 2 aromatic carbocycles. The molecule has 3 amide bonds. The maximum absolute atomic E-state index is 13.2. The van der Waals surface area contributed by atoms with Gasteiger partial charge >= 0.3 is 6.09 Å². The molecule has 2 heterocycles. The van der Waals surface area contributed by atoms with Gasteiger partial charge in [-0.25, -0.2) is 9.18 Å². The van der Waals surface area contributed by atoms with Crippen LogP contribution in [0.1, 0.15) is 48.2 Å². The highest BCUT2D eigenvalue weighted by atomic mass is 35.5. The van der Waals surface area contributed by atoms with Crippen LogP contribution >= 0.6 is 11.6 Å². The second-order valence-corrected chi connectivity index (χ2v) is 10.7. The summed E-state index contributed by atoms with van der Waals surface area (Å²) in [7, 11) is 0. The molecule has 0 aromatic heterocycles. The number of carbonyl (C=O) groups excluding carboxylic acids is 3. The van der Waals surface area contributed by atoms with Crippen LogP contribution in [0.4, 0.5) is 9.18 Å². The lowest BCUT2D eigenvalue weighted by Gasteiger charge is -2.39. The van der Waals surface area contributed by atoms with Crippen LogP contribution in [0, 0.1) is 5.82 Å². The first kappa shape index (κ1) is 29.6. The second kappa shape index (κ2) is 13.8. The van der Waals surface area contributed by atoms with E-state index < -0.39 is 0 Å². The van der Waals surface area contributed by atoms with E-state index in [1.54, 1.807) is 48.2 Å². The minimum absolute atomic E-state index is 0.000176. The molecule has 2 saturated heterocycles. The Morgan fingerprint density at radius 3 is 2.48 bits per heavy atom. The van der Waals surface area contributed by atoms with Crippen LogP contribution in [0.25, 0.3) is 6.08 Å². The molecule has 0 bridgehead atoms. The summed E-state index contributed by atoms with van der Waals surface area (Å²) in [6, 6.07) is 11.4. The maximum atomic E-state index is 13.2. The van der Waals surface area contributed by atoms with Gasteiger partial charge in [0.2, 0.25) is 5.91 Å².